The fraction of sp³-hybridized carbons (Fsp3) is 0.500. The van der Waals surface area contributed by atoms with Gasteiger partial charge in [-0.15, -0.1) is 6.58 Å². The van der Waals surface area contributed by atoms with E-state index < -0.39 is 0 Å². The first-order valence-electron chi connectivity index (χ1n) is 8.20. The summed E-state index contributed by atoms with van der Waals surface area (Å²) in [4.78, 5) is 17.1. The first-order chi connectivity index (χ1) is 11.2. The Morgan fingerprint density at radius 2 is 2.17 bits per heavy atom. The molecule has 1 amide bonds. The van der Waals surface area contributed by atoms with E-state index in [0.717, 1.165) is 45.6 Å². The second-order valence-corrected chi connectivity index (χ2v) is 6.58. The lowest BCUT2D eigenvalue weighted by molar-refractivity contribution is -0.0672. The summed E-state index contributed by atoms with van der Waals surface area (Å²) in [5, 5.41) is 0.597. The fourth-order valence-corrected chi connectivity index (χ4v) is 3.75. The summed E-state index contributed by atoms with van der Waals surface area (Å²) in [6.07, 6.45) is 3.97. The third kappa shape index (κ3) is 3.77. The van der Waals surface area contributed by atoms with Crippen molar-refractivity contribution < 1.29 is 9.53 Å². The van der Waals surface area contributed by atoms with E-state index in [-0.39, 0.29) is 12.0 Å². The van der Waals surface area contributed by atoms with Crippen LogP contribution in [0.5, 0.6) is 0 Å². The van der Waals surface area contributed by atoms with Crippen LogP contribution in [0.25, 0.3) is 0 Å². The van der Waals surface area contributed by atoms with Gasteiger partial charge in [0.15, 0.2) is 0 Å². The number of nitrogens with zero attached hydrogens (tertiary/aromatic N) is 2. The molecule has 2 fully saturated rings. The van der Waals surface area contributed by atoms with Crippen LogP contribution in [-0.4, -0.2) is 60.6 Å². The van der Waals surface area contributed by atoms with E-state index in [9.17, 15) is 4.79 Å². The van der Waals surface area contributed by atoms with E-state index in [2.05, 4.69) is 11.5 Å². The van der Waals surface area contributed by atoms with Crippen molar-refractivity contribution in [3.63, 3.8) is 0 Å². The van der Waals surface area contributed by atoms with Crippen LogP contribution in [-0.2, 0) is 4.74 Å². The van der Waals surface area contributed by atoms with Crippen LogP contribution in [0.15, 0.2) is 36.9 Å². The van der Waals surface area contributed by atoms with E-state index >= 15 is 0 Å². The maximum absolute atomic E-state index is 12.7. The zero-order valence-electron chi connectivity index (χ0n) is 13.3. The number of fused-ring (bicyclic) bond motifs is 1. The molecule has 0 saturated carbocycles. The van der Waals surface area contributed by atoms with Crippen LogP contribution in [0.1, 0.15) is 23.2 Å². The second kappa shape index (κ2) is 7.47. The van der Waals surface area contributed by atoms with Gasteiger partial charge in [0, 0.05) is 42.8 Å². The smallest absolute Gasteiger partial charge is 0.253 e. The van der Waals surface area contributed by atoms with Gasteiger partial charge in [-0.3, -0.25) is 9.69 Å². The highest BCUT2D eigenvalue weighted by Crippen LogP contribution is 2.24. The average molecular weight is 335 g/mol. The van der Waals surface area contributed by atoms with Crippen LogP contribution >= 0.6 is 11.6 Å². The molecule has 0 bridgehead atoms. The first-order valence-corrected chi connectivity index (χ1v) is 8.58. The number of amides is 1. The van der Waals surface area contributed by atoms with Gasteiger partial charge in [-0.1, -0.05) is 23.7 Å². The highest BCUT2D eigenvalue weighted by atomic mass is 35.5. The van der Waals surface area contributed by atoms with Gasteiger partial charge in [0.2, 0.25) is 0 Å². The second-order valence-electron chi connectivity index (χ2n) is 6.14. The Bertz CT molecular complexity index is 578. The maximum Gasteiger partial charge on any atom is 0.253 e. The molecule has 1 aromatic rings. The van der Waals surface area contributed by atoms with Crippen LogP contribution in [0.2, 0.25) is 5.02 Å². The summed E-state index contributed by atoms with van der Waals surface area (Å²) in [6, 6.07) is 7.55. The van der Waals surface area contributed by atoms with Crippen LogP contribution in [0, 0.1) is 0 Å². The molecule has 2 aliphatic heterocycles. The quantitative estimate of drug-likeness (QED) is 0.797. The van der Waals surface area contributed by atoms with E-state index in [0.29, 0.717) is 16.6 Å². The zero-order valence-corrected chi connectivity index (χ0v) is 14.0. The third-order valence-electron chi connectivity index (χ3n) is 4.71. The normalized spacial score (nSPS) is 25.5. The summed E-state index contributed by atoms with van der Waals surface area (Å²) in [7, 11) is 0. The average Bonchev–Trinajstić information content (AvgIpc) is 2.78. The highest BCUT2D eigenvalue weighted by Gasteiger charge is 2.35. The highest BCUT2D eigenvalue weighted by molar-refractivity contribution is 6.30. The first kappa shape index (κ1) is 16.5. The molecule has 4 nitrogen and oxygen atoms in total. The molecule has 2 unspecified atom stereocenters. The molecule has 2 atom stereocenters. The molecule has 2 aliphatic rings. The molecule has 2 saturated heterocycles. The minimum absolute atomic E-state index is 0.0569. The van der Waals surface area contributed by atoms with Gasteiger partial charge >= 0.3 is 0 Å². The summed E-state index contributed by atoms with van der Waals surface area (Å²) < 4.78 is 5.96. The van der Waals surface area contributed by atoms with Gasteiger partial charge in [0.1, 0.15) is 0 Å². The predicted molar refractivity (Wildman–Crippen MR) is 91.9 cm³/mol. The molecule has 0 spiro atoms. The number of carbonyl (C=O) groups is 1. The molecule has 23 heavy (non-hydrogen) atoms. The van der Waals surface area contributed by atoms with Crippen molar-refractivity contribution in [3.05, 3.63) is 47.5 Å². The van der Waals surface area contributed by atoms with Gasteiger partial charge < -0.3 is 9.64 Å². The van der Waals surface area contributed by atoms with Crippen molar-refractivity contribution in [2.24, 2.45) is 0 Å². The molecule has 124 valence electrons. The SMILES string of the molecule is C=CCN1CCOC2CCN(C(=O)c3cccc(Cl)c3)CCC21. The largest absolute Gasteiger partial charge is 0.375 e. The minimum Gasteiger partial charge on any atom is -0.375 e. The molecule has 3 rings (SSSR count). The lowest BCUT2D eigenvalue weighted by atomic mass is 10.0. The molecule has 1 aromatic carbocycles. The summed E-state index contributed by atoms with van der Waals surface area (Å²) in [6.45, 7) is 7.91. The van der Waals surface area contributed by atoms with Crippen LogP contribution in [0.3, 0.4) is 0 Å². The van der Waals surface area contributed by atoms with Gasteiger partial charge in [0.05, 0.1) is 12.7 Å². The third-order valence-corrected chi connectivity index (χ3v) is 4.94. The van der Waals surface area contributed by atoms with E-state index in [1.807, 2.05) is 23.1 Å². The Kier molecular flexibility index (Phi) is 5.36. The van der Waals surface area contributed by atoms with Gasteiger partial charge in [-0.05, 0) is 31.0 Å². The number of hydrogen-bond acceptors (Lipinski definition) is 3. The van der Waals surface area contributed by atoms with Crippen molar-refractivity contribution in [1.29, 1.82) is 0 Å². The Morgan fingerprint density at radius 1 is 1.35 bits per heavy atom. The lowest BCUT2D eigenvalue weighted by Gasteiger charge is -2.39. The van der Waals surface area contributed by atoms with Crippen molar-refractivity contribution in [2.75, 3.05) is 32.8 Å². The van der Waals surface area contributed by atoms with E-state index in [4.69, 9.17) is 16.3 Å². The predicted octanol–water partition coefficient (Wildman–Crippen LogP) is 2.83. The zero-order chi connectivity index (χ0) is 16.2. The summed E-state index contributed by atoms with van der Waals surface area (Å²) >= 11 is 6.01. The minimum atomic E-state index is 0.0569. The van der Waals surface area contributed by atoms with Crippen molar-refractivity contribution in [3.8, 4) is 0 Å². The molecular formula is C18H23ClN2O2. The Morgan fingerprint density at radius 3 is 2.96 bits per heavy atom. The lowest BCUT2D eigenvalue weighted by Crippen LogP contribution is -2.51. The van der Waals surface area contributed by atoms with Crippen molar-refractivity contribution >= 4 is 17.5 Å². The van der Waals surface area contributed by atoms with Crippen molar-refractivity contribution in [1.82, 2.24) is 9.80 Å². The van der Waals surface area contributed by atoms with Crippen molar-refractivity contribution in [2.45, 2.75) is 25.0 Å². The Balaban J connectivity index is 1.70. The number of halogens is 1. The molecule has 5 heteroatoms. The molecule has 0 aromatic heterocycles. The maximum atomic E-state index is 12.7. The molecule has 2 heterocycles. The molecule has 0 radical (unpaired) electrons. The van der Waals surface area contributed by atoms with Crippen LogP contribution < -0.4 is 0 Å². The number of benzene rings is 1. The number of likely N-dealkylation sites (tertiary alicyclic amines) is 1. The summed E-state index contributed by atoms with van der Waals surface area (Å²) in [5.41, 5.74) is 0.659. The summed E-state index contributed by atoms with van der Waals surface area (Å²) in [5.74, 6) is 0.0569. The number of carbonyl (C=O) groups excluding carboxylic acids is 1. The number of ether oxygens (including phenoxy) is 1. The molecular weight excluding hydrogens is 312 g/mol. The van der Waals surface area contributed by atoms with Gasteiger partial charge in [-0.25, -0.2) is 0 Å². The standard InChI is InChI=1S/C18H23ClN2O2/c1-2-8-20-11-12-23-17-7-10-21(9-6-16(17)20)18(22)14-4-3-5-15(19)13-14/h2-5,13,16-17H,1,6-12H2. The van der Waals surface area contributed by atoms with Gasteiger partial charge in [-0.2, -0.15) is 0 Å². The molecule has 0 aliphatic carbocycles. The monoisotopic (exact) mass is 334 g/mol. The van der Waals surface area contributed by atoms with E-state index in [1.54, 1.807) is 12.1 Å². The van der Waals surface area contributed by atoms with E-state index in [1.165, 1.54) is 0 Å². The fourth-order valence-electron chi connectivity index (χ4n) is 3.56. The topological polar surface area (TPSA) is 32.8 Å². The van der Waals surface area contributed by atoms with Gasteiger partial charge in [0.25, 0.3) is 5.91 Å². The number of rotatable bonds is 3. The number of morpholine rings is 1. The Hall–Kier alpha value is -1.36. The Labute approximate surface area is 142 Å². The molecule has 0 N–H and O–H groups in total. The number of hydrogen-bond donors (Lipinski definition) is 0. The van der Waals surface area contributed by atoms with Crippen LogP contribution in [0.4, 0.5) is 0 Å².